The molecule has 0 spiro atoms. The van der Waals surface area contributed by atoms with Crippen molar-refractivity contribution in [2.75, 3.05) is 24.7 Å². The number of carbonyl (C=O) groups excluding carboxylic acids is 2. The number of esters is 2. The van der Waals surface area contributed by atoms with E-state index in [0.29, 0.717) is 24.7 Å². The van der Waals surface area contributed by atoms with Crippen molar-refractivity contribution in [1.29, 1.82) is 0 Å². The highest BCUT2D eigenvalue weighted by molar-refractivity contribution is 7.95. The van der Waals surface area contributed by atoms with Crippen LogP contribution in [0.5, 0.6) is 0 Å². The Morgan fingerprint density at radius 1 is 1.00 bits per heavy atom. The van der Waals surface area contributed by atoms with E-state index in [0.717, 1.165) is 0 Å². The van der Waals surface area contributed by atoms with Gasteiger partial charge in [-0.3, -0.25) is 9.59 Å². The summed E-state index contributed by atoms with van der Waals surface area (Å²) in [6.07, 6.45) is -0.876. The zero-order valence-corrected chi connectivity index (χ0v) is 10.6. The van der Waals surface area contributed by atoms with Gasteiger partial charge < -0.3 is 17.8 Å². The second kappa shape index (κ2) is 6.48. The van der Waals surface area contributed by atoms with Crippen LogP contribution in [0, 0.1) is 0 Å². The molecule has 0 N–H and O–H groups in total. The first kappa shape index (κ1) is 13.0. The molecule has 2 aliphatic heterocycles. The molecule has 17 heavy (non-hydrogen) atoms. The molecule has 0 amide bonds. The summed E-state index contributed by atoms with van der Waals surface area (Å²) in [4.78, 5) is 22.7. The van der Waals surface area contributed by atoms with Gasteiger partial charge in [0.15, 0.2) is 0 Å². The fraction of sp³-hybridized carbons (Fsp3) is 0.778. The molecule has 2 atom stereocenters. The summed E-state index contributed by atoms with van der Waals surface area (Å²) in [5, 5.41) is 0. The number of hydrogen-bond donors (Lipinski definition) is 0. The molecule has 0 aromatic carbocycles. The molecule has 2 unspecified atom stereocenters. The van der Waals surface area contributed by atoms with Crippen LogP contribution >= 0.6 is 24.1 Å². The third-order valence-corrected chi connectivity index (χ3v) is 3.69. The maximum atomic E-state index is 11.4. The van der Waals surface area contributed by atoms with Crippen molar-refractivity contribution < 1.29 is 27.4 Å². The molecule has 2 heterocycles. The van der Waals surface area contributed by atoms with E-state index in [1.165, 1.54) is 24.1 Å². The Balaban J connectivity index is 1.64. The zero-order valence-electron chi connectivity index (χ0n) is 8.96. The standard InChI is InChI=1S/C9H12O6S2/c10-8(14-6-2-12-16-4-6)1-9(11)15-7-3-13-17-5-7/h6-7H,1-5H2. The third kappa shape index (κ3) is 4.38. The van der Waals surface area contributed by atoms with Gasteiger partial charge in [-0.05, 0) is 24.1 Å². The molecule has 2 fully saturated rings. The highest BCUT2D eigenvalue weighted by Crippen LogP contribution is 2.19. The highest BCUT2D eigenvalue weighted by Gasteiger charge is 2.25. The topological polar surface area (TPSA) is 71.1 Å². The quantitative estimate of drug-likeness (QED) is 0.420. The molecule has 8 heteroatoms. The summed E-state index contributed by atoms with van der Waals surface area (Å²) in [6.45, 7) is 0.747. The fourth-order valence-corrected chi connectivity index (χ4v) is 2.62. The normalized spacial score (nSPS) is 28.0. The van der Waals surface area contributed by atoms with Gasteiger partial charge in [0.05, 0.1) is 24.7 Å². The lowest BCUT2D eigenvalue weighted by Crippen LogP contribution is -2.26. The Hall–Kier alpha value is -0.440. The smallest absolute Gasteiger partial charge is 0.317 e. The van der Waals surface area contributed by atoms with Gasteiger partial charge in [0.1, 0.15) is 18.6 Å². The summed E-state index contributed by atoms with van der Waals surface area (Å²) in [5.41, 5.74) is 0. The van der Waals surface area contributed by atoms with Crippen LogP contribution < -0.4 is 0 Å². The lowest BCUT2D eigenvalue weighted by atomic mass is 10.4. The molecule has 96 valence electrons. The molecule has 2 aliphatic rings. The highest BCUT2D eigenvalue weighted by atomic mass is 32.2. The molecule has 0 aromatic rings. The van der Waals surface area contributed by atoms with Crippen molar-refractivity contribution in [1.82, 2.24) is 0 Å². The molecule has 0 aromatic heterocycles. The Bertz CT molecular complexity index is 257. The minimum Gasteiger partial charge on any atom is -0.458 e. The number of hydrogen-bond acceptors (Lipinski definition) is 8. The lowest BCUT2D eigenvalue weighted by Gasteiger charge is -2.11. The maximum Gasteiger partial charge on any atom is 0.317 e. The minimum absolute atomic E-state index is 0.259. The number of ether oxygens (including phenoxy) is 2. The second-order valence-corrected chi connectivity index (χ2v) is 5.15. The summed E-state index contributed by atoms with van der Waals surface area (Å²) in [5.74, 6) is 0.0669. The van der Waals surface area contributed by atoms with Crippen LogP contribution in [0.2, 0.25) is 0 Å². The Kier molecular flexibility index (Phi) is 4.96. The van der Waals surface area contributed by atoms with Crippen molar-refractivity contribution in [2.45, 2.75) is 18.6 Å². The molecular formula is C9H12O6S2. The second-order valence-electron chi connectivity index (χ2n) is 3.54. The predicted octanol–water partition coefficient (Wildman–Crippen LogP) is 0.557. The van der Waals surface area contributed by atoms with Gasteiger partial charge in [-0.25, -0.2) is 0 Å². The largest absolute Gasteiger partial charge is 0.458 e. The van der Waals surface area contributed by atoms with Crippen molar-refractivity contribution in [3.63, 3.8) is 0 Å². The predicted molar refractivity (Wildman–Crippen MR) is 61.2 cm³/mol. The SMILES string of the molecule is O=C(CC(=O)OC1COSC1)OC1COSC1. The minimum atomic E-state index is -0.572. The van der Waals surface area contributed by atoms with Crippen molar-refractivity contribution in [2.24, 2.45) is 0 Å². The van der Waals surface area contributed by atoms with Crippen LogP contribution in [0.3, 0.4) is 0 Å². The van der Waals surface area contributed by atoms with Gasteiger partial charge in [-0.1, -0.05) is 0 Å². The Labute approximate surface area is 107 Å². The Morgan fingerprint density at radius 2 is 1.47 bits per heavy atom. The summed E-state index contributed by atoms with van der Waals surface area (Å²) >= 11 is 2.51. The van der Waals surface area contributed by atoms with Crippen LogP contribution in [0.4, 0.5) is 0 Å². The Morgan fingerprint density at radius 3 is 1.82 bits per heavy atom. The first-order valence-electron chi connectivity index (χ1n) is 5.12. The number of rotatable bonds is 4. The average Bonchev–Trinajstić information content (AvgIpc) is 2.90. The summed E-state index contributed by atoms with van der Waals surface area (Å²) in [7, 11) is 0. The van der Waals surface area contributed by atoms with Crippen molar-refractivity contribution in [3.05, 3.63) is 0 Å². The van der Waals surface area contributed by atoms with E-state index in [2.05, 4.69) is 0 Å². The molecular weight excluding hydrogens is 268 g/mol. The molecule has 0 radical (unpaired) electrons. The third-order valence-electron chi connectivity index (χ3n) is 2.07. The molecule has 2 saturated heterocycles. The van der Waals surface area contributed by atoms with Crippen LogP contribution in [0.15, 0.2) is 0 Å². The van der Waals surface area contributed by atoms with E-state index in [-0.39, 0.29) is 18.6 Å². The van der Waals surface area contributed by atoms with Gasteiger partial charge in [0.25, 0.3) is 0 Å². The van der Waals surface area contributed by atoms with E-state index < -0.39 is 11.9 Å². The van der Waals surface area contributed by atoms with Crippen LogP contribution in [0.1, 0.15) is 6.42 Å². The van der Waals surface area contributed by atoms with Gasteiger partial charge in [-0.2, -0.15) is 0 Å². The van der Waals surface area contributed by atoms with Gasteiger partial charge in [-0.15, -0.1) is 0 Å². The van der Waals surface area contributed by atoms with Crippen molar-refractivity contribution >= 4 is 36.0 Å². The number of carbonyl (C=O) groups is 2. The zero-order chi connectivity index (χ0) is 12.1. The summed E-state index contributed by atoms with van der Waals surface area (Å²) < 4.78 is 20.0. The van der Waals surface area contributed by atoms with Crippen LogP contribution in [-0.2, 0) is 27.4 Å². The maximum absolute atomic E-state index is 11.4. The first-order chi connectivity index (χ1) is 8.24. The summed E-state index contributed by atoms with van der Waals surface area (Å²) in [6, 6.07) is 0. The van der Waals surface area contributed by atoms with E-state index >= 15 is 0 Å². The molecule has 2 rings (SSSR count). The molecule has 0 bridgehead atoms. The van der Waals surface area contributed by atoms with Crippen LogP contribution in [-0.4, -0.2) is 48.9 Å². The molecule has 0 aliphatic carbocycles. The van der Waals surface area contributed by atoms with E-state index in [4.69, 9.17) is 17.8 Å². The van der Waals surface area contributed by atoms with E-state index in [9.17, 15) is 9.59 Å². The molecule has 6 nitrogen and oxygen atoms in total. The van der Waals surface area contributed by atoms with E-state index in [1.807, 2.05) is 0 Å². The average molecular weight is 280 g/mol. The first-order valence-corrected chi connectivity index (χ1v) is 6.94. The van der Waals surface area contributed by atoms with Gasteiger partial charge in [0, 0.05) is 0 Å². The molecule has 0 saturated carbocycles. The van der Waals surface area contributed by atoms with Crippen LogP contribution in [0.25, 0.3) is 0 Å². The van der Waals surface area contributed by atoms with Gasteiger partial charge in [0.2, 0.25) is 0 Å². The van der Waals surface area contributed by atoms with Crippen molar-refractivity contribution in [3.8, 4) is 0 Å². The lowest BCUT2D eigenvalue weighted by molar-refractivity contribution is -0.159. The fourth-order valence-electron chi connectivity index (χ4n) is 1.30. The van der Waals surface area contributed by atoms with Gasteiger partial charge >= 0.3 is 11.9 Å². The monoisotopic (exact) mass is 280 g/mol. The van der Waals surface area contributed by atoms with E-state index in [1.54, 1.807) is 0 Å².